The lowest BCUT2D eigenvalue weighted by Gasteiger charge is -2.31. The topological polar surface area (TPSA) is 59.0 Å². The van der Waals surface area contributed by atoms with Gasteiger partial charge >= 0.3 is 0 Å². The molecule has 0 saturated carbocycles. The zero-order valence-electron chi connectivity index (χ0n) is 10.7. The van der Waals surface area contributed by atoms with Gasteiger partial charge in [-0.25, -0.2) is 0 Å². The number of nitrogens with two attached hydrogens (primary N) is 1. The van der Waals surface area contributed by atoms with Crippen LogP contribution in [-0.4, -0.2) is 11.5 Å². The van der Waals surface area contributed by atoms with E-state index in [4.69, 9.17) is 10.5 Å². The van der Waals surface area contributed by atoms with E-state index in [-0.39, 0.29) is 11.8 Å². The minimum atomic E-state index is -0.0651. The summed E-state index contributed by atoms with van der Waals surface area (Å²) in [6.07, 6.45) is 0.881. The van der Waals surface area contributed by atoms with Crippen LogP contribution in [0.5, 0.6) is 0 Å². The molecule has 2 heterocycles. The molecule has 0 radical (unpaired) electrons. The van der Waals surface area contributed by atoms with E-state index >= 15 is 0 Å². The number of allylic oxidation sites excluding steroid dienone is 2. The molecule has 102 valence electrons. The van der Waals surface area contributed by atoms with Crippen LogP contribution in [0.15, 0.2) is 51.5 Å². The Labute approximate surface area is 130 Å². The van der Waals surface area contributed by atoms with Crippen molar-refractivity contribution >= 4 is 27.7 Å². The molecule has 0 aliphatic carbocycles. The van der Waals surface area contributed by atoms with E-state index in [1.54, 1.807) is 0 Å². The van der Waals surface area contributed by atoms with Gasteiger partial charge in [-0.1, -0.05) is 28.1 Å². The van der Waals surface area contributed by atoms with E-state index in [0.29, 0.717) is 5.57 Å². The molecule has 0 fully saturated rings. The van der Waals surface area contributed by atoms with Crippen LogP contribution in [0.3, 0.4) is 0 Å². The molecule has 3 nitrogen and oxygen atoms in total. The van der Waals surface area contributed by atoms with Crippen LogP contribution < -0.4 is 5.73 Å². The van der Waals surface area contributed by atoms with Gasteiger partial charge < -0.3 is 10.5 Å². The van der Waals surface area contributed by atoms with Crippen LogP contribution >= 0.6 is 27.7 Å². The smallest absolute Gasteiger partial charge is 0.205 e. The highest BCUT2D eigenvalue weighted by Crippen LogP contribution is 2.43. The highest BCUT2D eigenvalue weighted by atomic mass is 79.9. The minimum absolute atomic E-state index is 0.0651. The van der Waals surface area contributed by atoms with Gasteiger partial charge in [-0.15, -0.1) is 0 Å². The summed E-state index contributed by atoms with van der Waals surface area (Å²) in [6.45, 7) is 0. The Morgan fingerprint density at radius 3 is 2.80 bits per heavy atom. The maximum Gasteiger partial charge on any atom is 0.205 e. The Morgan fingerprint density at radius 1 is 1.35 bits per heavy atom. The summed E-state index contributed by atoms with van der Waals surface area (Å²) in [5.74, 6) is 3.08. The van der Waals surface area contributed by atoms with Gasteiger partial charge in [-0.2, -0.15) is 17.0 Å². The number of rotatable bonds is 1. The van der Waals surface area contributed by atoms with E-state index in [1.165, 1.54) is 5.57 Å². The molecule has 0 saturated heterocycles. The monoisotopic (exact) mass is 348 g/mol. The van der Waals surface area contributed by atoms with E-state index in [0.717, 1.165) is 33.7 Å². The third-order valence-electron chi connectivity index (χ3n) is 3.55. The molecule has 1 aromatic rings. The first-order chi connectivity index (χ1) is 9.70. The summed E-state index contributed by atoms with van der Waals surface area (Å²) in [7, 11) is 0. The highest BCUT2D eigenvalue weighted by Gasteiger charge is 2.33. The van der Waals surface area contributed by atoms with Crippen LogP contribution in [0.25, 0.3) is 0 Å². The number of ether oxygens (including phenoxy) is 1. The summed E-state index contributed by atoms with van der Waals surface area (Å²) in [5.41, 5.74) is 8.74. The molecule has 20 heavy (non-hydrogen) atoms. The molecule has 0 aromatic heterocycles. The molecule has 2 N–H and O–H groups in total. The summed E-state index contributed by atoms with van der Waals surface area (Å²) in [5, 5.41) is 9.43. The van der Waals surface area contributed by atoms with Crippen molar-refractivity contribution in [1.29, 1.82) is 5.26 Å². The van der Waals surface area contributed by atoms with Crippen molar-refractivity contribution in [2.75, 3.05) is 11.5 Å². The zero-order chi connectivity index (χ0) is 14.1. The van der Waals surface area contributed by atoms with Crippen molar-refractivity contribution < 1.29 is 4.74 Å². The third-order valence-corrected chi connectivity index (χ3v) is 5.09. The lowest BCUT2D eigenvalue weighted by molar-refractivity contribution is 0.268. The Bertz CT molecular complexity index is 643. The zero-order valence-corrected chi connectivity index (χ0v) is 13.1. The van der Waals surface area contributed by atoms with E-state index in [9.17, 15) is 5.26 Å². The van der Waals surface area contributed by atoms with Crippen molar-refractivity contribution in [1.82, 2.24) is 0 Å². The Hall–Kier alpha value is -1.38. The number of nitrogens with zero attached hydrogens (tertiary/aromatic N) is 1. The van der Waals surface area contributed by atoms with Gasteiger partial charge in [0.25, 0.3) is 0 Å². The molecule has 3 rings (SSSR count). The molecule has 1 aromatic carbocycles. The Kier molecular flexibility index (Phi) is 3.77. The number of hydrogen-bond acceptors (Lipinski definition) is 4. The lowest BCUT2D eigenvalue weighted by atomic mass is 9.83. The molecular weight excluding hydrogens is 336 g/mol. The fourth-order valence-corrected chi connectivity index (χ4v) is 3.88. The molecule has 1 atom stereocenters. The van der Waals surface area contributed by atoms with Gasteiger partial charge in [0.15, 0.2) is 0 Å². The second kappa shape index (κ2) is 5.55. The molecule has 0 amide bonds. The maximum atomic E-state index is 9.43. The van der Waals surface area contributed by atoms with E-state index in [1.807, 2.05) is 36.0 Å². The minimum Gasteiger partial charge on any atom is -0.445 e. The lowest BCUT2D eigenvalue weighted by Crippen LogP contribution is -2.24. The second-order valence-corrected chi connectivity index (χ2v) is 6.75. The molecule has 0 bridgehead atoms. The second-order valence-electron chi connectivity index (χ2n) is 4.73. The predicted octanol–water partition coefficient (Wildman–Crippen LogP) is 3.65. The summed E-state index contributed by atoms with van der Waals surface area (Å²) < 4.78 is 6.69. The fraction of sp³-hybridized carbons (Fsp3) is 0.267. The molecule has 5 heteroatoms. The molecular formula is C15H13BrN2OS. The average molecular weight is 349 g/mol. The first kappa shape index (κ1) is 13.6. The summed E-state index contributed by atoms with van der Waals surface area (Å²) in [4.78, 5) is 0. The van der Waals surface area contributed by atoms with Gasteiger partial charge in [0.05, 0.1) is 0 Å². The Balaban J connectivity index is 2.11. The normalized spacial score (nSPS) is 22.1. The maximum absolute atomic E-state index is 9.43. The first-order valence-corrected chi connectivity index (χ1v) is 8.28. The van der Waals surface area contributed by atoms with Crippen molar-refractivity contribution in [2.45, 2.75) is 12.3 Å². The fourth-order valence-electron chi connectivity index (χ4n) is 2.60. The van der Waals surface area contributed by atoms with Crippen molar-refractivity contribution in [3.8, 4) is 6.07 Å². The van der Waals surface area contributed by atoms with Crippen LogP contribution in [-0.2, 0) is 4.74 Å². The predicted molar refractivity (Wildman–Crippen MR) is 83.8 cm³/mol. The summed E-state index contributed by atoms with van der Waals surface area (Å²) in [6, 6.07) is 10.3. The molecule has 2 aliphatic heterocycles. The number of benzene rings is 1. The van der Waals surface area contributed by atoms with Gasteiger partial charge in [-0.3, -0.25) is 0 Å². The Morgan fingerprint density at radius 2 is 2.10 bits per heavy atom. The van der Waals surface area contributed by atoms with Gasteiger partial charge in [0.1, 0.15) is 17.4 Å². The molecule has 0 spiro atoms. The SMILES string of the molecule is N#CC1=C(N)OC2=C(CSCC2)C1c1ccc(Br)cc1. The molecule has 1 unspecified atom stereocenters. The average Bonchev–Trinajstić information content (AvgIpc) is 2.47. The number of halogens is 1. The van der Waals surface area contributed by atoms with Crippen LogP contribution in [0.2, 0.25) is 0 Å². The van der Waals surface area contributed by atoms with Crippen LogP contribution in [0.1, 0.15) is 17.9 Å². The first-order valence-electron chi connectivity index (χ1n) is 6.33. The number of hydrogen-bond donors (Lipinski definition) is 1. The molecule has 2 aliphatic rings. The van der Waals surface area contributed by atoms with E-state index in [2.05, 4.69) is 22.0 Å². The quantitative estimate of drug-likeness (QED) is 0.841. The van der Waals surface area contributed by atoms with Crippen molar-refractivity contribution in [3.05, 3.63) is 57.1 Å². The number of nitriles is 1. The van der Waals surface area contributed by atoms with Crippen LogP contribution in [0, 0.1) is 11.3 Å². The van der Waals surface area contributed by atoms with Crippen molar-refractivity contribution in [2.24, 2.45) is 5.73 Å². The van der Waals surface area contributed by atoms with Crippen molar-refractivity contribution in [3.63, 3.8) is 0 Å². The highest BCUT2D eigenvalue weighted by molar-refractivity contribution is 9.10. The van der Waals surface area contributed by atoms with Gasteiger partial charge in [-0.05, 0) is 23.3 Å². The van der Waals surface area contributed by atoms with Gasteiger partial charge in [0, 0.05) is 28.3 Å². The number of thioether (sulfide) groups is 1. The van der Waals surface area contributed by atoms with Crippen LogP contribution in [0.4, 0.5) is 0 Å². The summed E-state index contributed by atoms with van der Waals surface area (Å²) >= 11 is 5.32. The third kappa shape index (κ3) is 2.34. The van der Waals surface area contributed by atoms with Gasteiger partial charge in [0.2, 0.25) is 5.88 Å². The largest absolute Gasteiger partial charge is 0.445 e. The standard InChI is InChI=1S/C15H13BrN2OS/c16-10-3-1-9(2-4-10)14-11(7-17)15(18)19-13-5-6-20-8-12(13)14/h1-4,14H,5-6,8,18H2. The van der Waals surface area contributed by atoms with E-state index < -0.39 is 0 Å².